The van der Waals surface area contributed by atoms with Crippen molar-refractivity contribution in [3.63, 3.8) is 0 Å². The van der Waals surface area contributed by atoms with Crippen LogP contribution in [0.25, 0.3) is 5.69 Å². The fourth-order valence-corrected chi connectivity index (χ4v) is 2.66. The summed E-state index contributed by atoms with van der Waals surface area (Å²) < 4.78 is 8.88. The van der Waals surface area contributed by atoms with E-state index >= 15 is 0 Å². The molecule has 0 saturated carbocycles. The quantitative estimate of drug-likeness (QED) is 0.669. The second-order valence-corrected chi connectivity index (χ2v) is 5.67. The molecule has 3 rings (SSSR count). The van der Waals surface area contributed by atoms with Crippen molar-refractivity contribution in [3.05, 3.63) is 76.2 Å². The predicted molar refractivity (Wildman–Crippen MR) is 101 cm³/mol. The van der Waals surface area contributed by atoms with Crippen molar-refractivity contribution >= 4 is 11.9 Å². The smallest absolute Gasteiger partial charge is 0.297 e. The van der Waals surface area contributed by atoms with Gasteiger partial charge >= 0.3 is 0 Å². The Bertz CT molecular complexity index is 936. The normalized spacial score (nSPS) is 11.2. The van der Waals surface area contributed by atoms with Crippen LogP contribution in [0, 0.1) is 6.92 Å². The molecule has 0 amide bonds. The molecule has 5 heteroatoms. The Kier molecular flexibility index (Phi) is 4.84. The molecule has 0 unspecified atom stereocenters. The van der Waals surface area contributed by atoms with E-state index in [1.54, 1.807) is 10.9 Å². The van der Waals surface area contributed by atoms with Gasteiger partial charge in [0.15, 0.2) is 5.69 Å². The van der Waals surface area contributed by atoms with Crippen LogP contribution in [0.2, 0.25) is 0 Å². The Hall–Kier alpha value is -3.08. The second kappa shape index (κ2) is 7.21. The lowest BCUT2D eigenvalue weighted by Crippen LogP contribution is -2.19. The van der Waals surface area contributed by atoms with E-state index in [2.05, 4.69) is 4.99 Å². The van der Waals surface area contributed by atoms with Gasteiger partial charge in [-0.3, -0.25) is 9.48 Å². The Morgan fingerprint density at radius 1 is 1.08 bits per heavy atom. The van der Waals surface area contributed by atoms with Gasteiger partial charge in [0.25, 0.3) is 5.56 Å². The maximum atomic E-state index is 12.8. The minimum absolute atomic E-state index is 0.131. The third-order valence-electron chi connectivity index (χ3n) is 4.06. The summed E-state index contributed by atoms with van der Waals surface area (Å²) in [5, 5.41) is 0. The molecule has 3 aromatic rings. The van der Waals surface area contributed by atoms with E-state index < -0.39 is 0 Å². The molecule has 0 aliphatic rings. The Balaban J connectivity index is 1.94. The van der Waals surface area contributed by atoms with Gasteiger partial charge in [-0.05, 0) is 55.8 Å². The van der Waals surface area contributed by atoms with Crippen LogP contribution >= 0.6 is 0 Å². The SMILES string of the molecule is CCOc1ccc(C=Nc2c(C)n(C)n(-c3ccccc3)c2=O)cc1. The van der Waals surface area contributed by atoms with Crippen molar-refractivity contribution in [3.8, 4) is 11.4 Å². The molecule has 0 atom stereocenters. The van der Waals surface area contributed by atoms with Gasteiger partial charge in [-0.25, -0.2) is 9.67 Å². The van der Waals surface area contributed by atoms with Gasteiger partial charge in [0.05, 0.1) is 18.0 Å². The largest absolute Gasteiger partial charge is 0.494 e. The first-order valence-corrected chi connectivity index (χ1v) is 8.22. The molecular formula is C20H21N3O2. The summed E-state index contributed by atoms with van der Waals surface area (Å²) >= 11 is 0. The first-order valence-electron chi connectivity index (χ1n) is 8.22. The zero-order chi connectivity index (χ0) is 17.8. The highest BCUT2D eigenvalue weighted by Crippen LogP contribution is 2.17. The van der Waals surface area contributed by atoms with Crippen LogP contribution in [0.4, 0.5) is 5.69 Å². The third-order valence-corrected chi connectivity index (χ3v) is 4.06. The number of nitrogens with zero attached hydrogens (tertiary/aromatic N) is 3. The number of benzene rings is 2. The fraction of sp³-hybridized carbons (Fsp3) is 0.200. The summed E-state index contributed by atoms with van der Waals surface area (Å²) in [6, 6.07) is 17.2. The summed E-state index contributed by atoms with van der Waals surface area (Å²) in [5.74, 6) is 0.821. The number of aromatic nitrogens is 2. The van der Waals surface area contributed by atoms with Crippen LogP contribution in [0.15, 0.2) is 64.4 Å². The molecule has 0 aliphatic heterocycles. The monoisotopic (exact) mass is 335 g/mol. The Morgan fingerprint density at radius 2 is 1.76 bits per heavy atom. The van der Waals surface area contributed by atoms with Gasteiger partial charge in [0, 0.05) is 13.3 Å². The molecule has 0 N–H and O–H groups in total. The van der Waals surface area contributed by atoms with Gasteiger partial charge in [0.1, 0.15) is 5.75 Å². The summed E-state index contributed by atoms with van der Waals surface area (Å²) in [7, 11) is 1.86. The molecule has 25 heavy (non-hydrogen) atoms. The van der Waals surface area contributed by atoms with Gasteiger partial charge in [-0.15, -0.1) is 0 Å². The van der Waals surface area contributed by atoms with Gasteiger partial charge in [0.2, 0.25) is 0 Å². The van der Waals surface area contributed by atoms with Crippen LogP contribution in [0.1, 0.15) is 18.2 Å². The third kappa shape index (κ3) is 3.40. The van der Waals surface area contributed by atoms with Crippen LogP contribution < -0.4 is 10.3 Å². The number of hydrogen-bond acceptors (Lipinski definition) is 3. The van der Waals surface area contributed by atoms with E-state index in [1.165, 1.54) is 0 Å². The first kappa shape index (κ1) is 16.8. The molecule has 0 spiro atoms. The van der Waals surface area contributed by atoms with E-state index in [0.29, 0.717) is 12.3 Å². The molecule has 1 aromatic heterocycles. The number of hydrogen-bond donors (Lipinski definition) is 0. The summed E-state index contributed by atoms with van der Waals surface area (Å²) in [4.78, 5) is 17.2. The predicted octanol–water partition coefficient (Wildman–Crippen LogP) is 3.63. The molecule has 2 aromatic carbocycles. The van der Waals surface area contributed by atoms with Crippen LogP contribution in [-0.2, 0) is 7.05 Å². The van der Waals surface area contributed by atoms with Crippen LogP contribution in [0.3, 0.4) is 0 Å². The van der Waals surface area contributed by atoms with Gasteiger partial charge in [-0.1, -0.05) is 18.2 Å². The highest BCUT2D eigenvalue weighted by atomic mass is 16.5. The standard InChI is InChI=1S/C20H21N3O2/c1-4-25-18-12-10-16(11-13-18)14-21-19-15(2)22(3)23(20(19)24)17-8-6-5-7-9-17/h5-14H,4H2,1-3H3. The minimum Gasteiger partial charge on any atom is -0.494 e. The van der Waals surface area contributed by atoms with E-state index in [9.17, 15) is 4.79 Å². The lowest BCUT2D eigenvalue weighted by atomic mass is 10.2. The van der Waals surface area contributed by atoms with Crippen molar-refractivity contribution in [1.82, 2.24) is 9.36 Å². The number of para-hydroxylation sites is 1. The second-order valence-electron chi connectivity index (χ2n) is 5.67. The molecule has 0 bridgehead atoms. The maximum Gasteiger partial charge on any atom is 0.297 e. The first-order chi connectivity index (χ1) is 12.1. The fourth-order valence-electron chi connectivity index (χ4n) is 2.66. The lowest BCUT2D eigenvalue weighted by molar-refractivity contribution is 0.340. The van der Waals surface area contributed by atoms with Crippen LogP contribution in [0.5, 0.6) is 5.75 Å². The average Bonchev–Trinajstić information content (AvgIpc) is 2.85. The zero-order valence-corrected chi connectivity index (χ0v) is 14.6. The van der Waals surface area contributed by atoms with E-state index in [1.807, 2.05) is 80.2 Å². The van der Waals surface area contributed by atoms with Crippen molar-refractivity contribution in [2.75, 3.05) is 6.61 Å². The van der Waals surface area contributed by atoms with Crippen LogP contribution in [-0.4, -0.2) is 22.2 Å². The van der Waals surface area contributed by atoms with E-state index in [4.69, 9.17) is 4.74 Å². The van der Waals surface area contributed by atoms with Crippen molar-refractivity contribution in [2.24, 2.45) is 12.0 Å². The molecule has 5 nitrogen and oxygen atoms in total. The lowest BCUT2D eigenvalue weighted by Gasteiger charge is -2.07. The number of ether oxygens (including phenoxy) is 1. The minimum atomic E-state index is -0.131. The summed E-state index contributed by atoms with van der Waals surface area (Å²) in [6.07, 6.45) is 1.70. The highest BCUT2D eigenvalue weighted by Gasteiger charge is 2.14. The maximum absolute atomic E-state index is 12.8. The molecular weight excluding hydrogens is 314 g/mol. The molecule has 128 valence electrons. The Morgan fingerprint density at radius 3 is 2.40 bits per heavy atom. The zero-order valence-electron chi connectivity index (χ0n) is 14.6. The average molecular weight is 335 g/mol. The highest BCUT2D eigenvalue weighted by molar-refractivity contribution is 5.82. The molecule has 1 heterocycles. The number of rotatable bonds is 5. The molecule has 0 saturated heterocycles. The molecule has 0 aliphatic carbocycles. The molecule has 0 fully saturated rings. The van der Waals surface area contributed by atoms with Gasteiger partial charge in [-0.2, -0.15) is 0 Å². The Labute approximate surface area is 146 Å². The van der Waals surface area contributed by atoms with Gasteiger partial charge < -0.3 is 4.74 Å². The summed E-state index contributed by atoms with van der Waals surface area (Å²) in [5.41, 5.74) is 2.86. The van der Waals surface area contributed by atoms with E-state index in [-0.39, 0.29) is 5.56 Å². The van der Waals surface area contributed by atoms with Crippen molar-refractivity contribution in [1.29, 1.82) is 0 Å². The topological polar surface area (TPSA) is 48.5 Å². The van der Waals surface area contributed by atoms with E-state index in [0.717, 1.165) is 22.7 Å². The summed E-state index contributed by atoms with van der Waals surface area (Å²) in [6.45, 7) is 4.48. The molecule has 0 radical (unpaired) electrons. The van der Waals surface area contributed by atoms with Crippen molar-refractivity contribution in [2.45, 2.75) is 13.8 Å². The number of aliphatic imine (C=N–C) groups is 1. The van der Waals surface area contributed by atoms with Crippen molar-refractivity contribution < 1.29 is 4.74 Å².